The predicted octanol–water partition coefficient (Wildman–Crippen LogP) is 2.87. The Bertz CT molecular complexity index is 1180. The van der Waals surface area contributed by atoms with Gasteiger partial charge in [0.1, 0.15) is 23.4 Å². The van der Waals surface area contributed by atoms with E-state index in [0.29, 0.717) is 22.6 Å². The number of nitrogens with one attached hydrogen (secondary N) is 2. The number of carbonyl (C=O) groups excluding carboxylic acids is 4. The zero-order chi connectivity index (χ0) is 27.8. The molecule has 0 radical (unpaired) electrons. The molecule has 0 aliphatic heterocycles. The molecule has 4 N–H and O–H groups in total. The van der Waals surface area contributed by atoms with E-state index in [1.165, 1.54) is 7.11 Å². The Kier molecular flexibility index (Phi) is 9.66. The van der Waals surface area contributed by atoms with Gasteiger partial charge in [0, 0.05) is 11.7 Å². The second kappa shape index (κ2) is 12.4. The van der Waals surface area contributed by atoms with Crippen molar-refractivity contribution in [2.75, 3.05) is 12.4 Å². The molecule has 0 spiro atoms. The van der Waals surface area contributed by atoms with Crippen LogP contribution in [0.5, 0.6) is 5.75 Å². The van der Waals surface area contributed by atoms with Crippen LogP contribution in [-0.2, 0) is 19.1 Å². The summed E-state index contributed by atoms with van der Waals surface area (Å²) in [5.74, 6) is -1.76. The summed E-state index contributed by atoms with van der Waals surface area (Å²) in [6, 6.07) is 13.0. The van der Waals surface area contributed by atoms with Gasteiger partial charge in [0.2, 0.25) is 5.91 Å². The third kappa shape index (κ3) is 8.28. The third-order valence-electron chi connectivity index (χ3n) is 5.12. The molecule has 2 rings (SSSR count). The Hall–Kier alpha value is -4.52. The average Bonchev–Trinajstić information content (AvgIpc) is 2.81. The lowest BCUT2D eigenvalue weighted by Crippen LogP contribution is -2.52. The fraction of sp³-hybridized carbons (Fsp3) is 0.333. The summed E-state index contributed by atoms with van der Waals surface area (Å²) in [7, 11) is 1.52. The number of rotatable bonds is 9. The molecular formula is C27H32N4O6. The molecule has 10 nitrogen and oxygen atoms in total. The van der Waals surface area contributed by atoms with Gasteiger partial charge in [0.05, 0.1) is 13.5 Å². The lowest BCUT2D eigenvalue weighted by atomic mass is 9.98. The molecule has 0 heterocycles. The normalized spacial score (nSPS) is 12.3. The first kappa shape index (κ1) is 28.7. The van der Waals surface area contributed by atoms with Crippen molar-refractivity contribution in [1.82, 2.24) is 10.2 Å². The number of alkyl carbamates (subject to hydrolysis) is 1. The van der Waals surface area contributed by atoms with Crippen molar-refractivity contribution < 1.29 is 28.7 Å². The molecule has 0 aromatic heterocycles. The van der Waals surface area contributed by atoms with Crippen molar-refractivity contribution in [2.24, 2.45) is 5.73 Å². The van der Waals surface area contributed by atoms with E-state index >= 15 is 0 Å². The van der Waals surface area contributed by atoms with Crippen LogP contribution >= 0.6 is 0 Å². The van der Waals surface area contributed by atoms with Gasteiger partial charge in [0.15, 0.2) is 0 Å². The van der Waals surface area contributed by atoms with Crippen LogP contribution in [0.3, 0.4) is 0 Å². The van der Waals surface area contributed by atoms with E-state index in [-0.39, 0.29) is 0 Å². The highest BCUT2D eigenvalue weighted by atomic mass is 16.6. The van der Waals surface area contributed by atoms with Gasteiger partial charge in [-0.1, -0.05) is 30.7 Å². The Labute approximate surface area is 216 Å². The third-order valence-corrected chi connectivity index (χ3v) is 5.12. The molecular weight excluding hydrogens is 476 g/mol. The van der Waals surface area contributed by atoms with Gasteiger partial charge in [-0.2, -0.15) is 0 Å². The van der Waals surface area contributed by atoms with Gasteiger partial charge in [-0.25, -0.2) is 4.79 Å². The van der Waals surface area contributed by atoms with Gasteiger partial charge >= 0.3 is 6.09 Å². The first-order valence-electron chi connectivity index (χ1n) is 11.4. The van der Waals surface area contributed by atoms with Crippen LogP contribution in [0, 0.1) is 19.4 Å². The van der Waals surface area contributed by atoms with Gasteiger partial charge in [-0.15, -0.1) is 0 Å². The molecule has 0 aliphatic rings. The first-order chi connectivity index (χ1) is 17.4. The summed E-state index contributed by atoms with van der Waals surface area (Å²) < 4.78 is 10.3. The van der Waals surface area contributed by atoms with Crippen LogP contribution in [0.15, 0.2) is 48.5 Å². The van der Waals surface area contributed by atoms with E-state index in [4.69, 9.17) is 21.6 Å². The van der Waals surface area contributed by atoms with Crippen LogP contribution in [0.1, 0.15) is 44.4 Å². The Balaban J connectivity index is 2.46. The van der Waals surface area contributed by atoms with Crippen molar-refractivity contribution >= 4 is 29.5 Å². The van der Waals surface area contributed by atoms with Crippen LogP contribution in [-0.4, -0.2) is 47.5 Å². The second-order valence-electron chi connectivity index (χ2n) is 9.18. The van der Waals surface area contributed by atoms with Crippen molar-refractivity contribution in [3.63, 3.8) is 0 Å². The number of hydrogen-bond acceptors (Lipinski definition) is 6. The summed E-state index contributed by atoms with van der Waals surface area (Å²) in [4.78, 5) is 52.1. The molecule has 0 bridgehead atoms. The van der Waals surface area contributed by atoms with Crippen molar-refractivity contribution in [2.45, 2.75) is 51.8 Å². The largest absolute Gasteiger partial charge is 0.497 e. The molecule has 2 unspecified atom stereocenters. The van der Waals surface area contributed by atoms with E-state index in [1.807, 2.05) is 0 Å². The van der Waals surface area contributed by atoms with Gasteiger partial charge in [-0.3, -0.25) is 19.3 Å². The minimum absolute atomic E-state index is 0.439. The standard InChI is InChI=1S/C27H32N4O6/c1-7-31(25(34)21(16-22(28)32)30-26(35)37-27(3,4)5)23(20-11-9-8-10-17(20)2)24(33)29-18-12-14-19(36-6)15-13-18/h1,8-15,21,23H,16H2,2-6H3,(H2,28,32)(H,29,33)(H,30,35). The monoisotopic (exact) mass is 508 g/mol. The average molecular weight is 509 g/mol. The zero-order valence-electron chi connectivity index (χ0n) is 21.5. The van der Waals surface area contributed by atoms with Crippen LogP contribution < -0.4 is 21.1 Å². The summed E-state index contributed by atoms with van der Waals surface area (Å²) >= 11 is 0. The number of carbonyl (C=O) groups is 4. The number of anilines is 1. The first-order valence-corrected chi connectivity index (χ1v) is 11.4. The molecule has 2 aromatic rings. The number of primary amides is 1. The number of amides is 4. The van der Waals surface area contributed by atoms with Crippen LogP contribution in [0.25, 0.3) is 0 Å². The van der Waals surface area contributed by atoms with Gasteiger partial charge < -0.3 is 25.8 Å². The maximum absolute atomic E-state index is 13.6. The fourth-order valence-corrected chi connectivity index (χ4v) is 3.46. The lowest BCUT2D eigenvalue weighted by Gasteiger charge is -2.30. The van der Waals surface area contributed by atoms with E-state index in [0.717, 1.165) is 4.90 Å². The number of ether oxygens (including phenoxy) is 2. The molecule has 2 atom stereocenters. The van der Waals surface area contributed by atoms with E-state index < -0.39 is 47.9 Å². The number of nitrogens with zero attached hydrogens (tertiary/aromatic N) is 1. The molecule has 2 aromatic carbocycles. The maximum Gasteiger partial charge on any atom is 0.408 e. The number of hydrogen-bond donors (Lipinski definition) is 3. The Morgan fingerprint density at radius 1 is 1.08 bits per heavy atom. The van der Waals surface area contributed by atoms with Crippen LogP contribution in [0.4, 0.5) is 10.5 Å². The van der Waals surface area contributed by atoms with Crippen molar-refractivity contribution in [3.8, 4) is 18.2 Å². The molecule has 10 heteroatoms. The summed E-state index contributed by atoms with van der Waals surface area (Å²) in [5, 5.41) is 5.10. The summed E-state index contributed by atoms with van der Waals surface area (Å²) in [6.07, 6.45) is 4.23. The van der Waals surface area contributed by atoms with Gasteiger partial charge in [0.25, 0.3) is 11.8 Å². The molecule has 37 heavy (non-hydrogen) atoms. The highest BCUT2D eigenvalue weighted by molar-refractivity contribution is 6.00. The number of nitrogens with two attached hydrogens (primary N) is 1. The highest BCUT2D eigenvalue weighted by Crippen LogP contribution is 2.27. The summed E-state index contributed by atoms with van der Waals surface area (Å²) in [6.45, 7) is 6.69. The number of terminal acetylenes is 1. The molecule has 0 fully saturated rings. The molecule has 0 aliphatic carbocycles. The maximum atomic E-state index is 13.6. The quantitative estimate of drug-likeness (QED) is 0.351. The molecule has 4 amide bonds. The SMILES string of the molecule is C#CN(C(=O)C(CC(N)=O)NC(=O)OC(C)(C)C)C(C(=O)Nc1ccc(OC)cc1)c1ccccc1C. The van der Waals surface area contributed by atoms with E-state index in [9.17, 15) is 19.2 Å². The van der Waals surface area contributed by atoms with Crippen LogP contribution in [0.2, 0.25) is 0 Å². The highest BCUT2D eigenvalue weighted by Gasteiger charge is 2.37. The van der Waals surface area contributed by atoms with Crippen molar-refractivity contribution in [3.05, 3.63) is 59.7 Å². The van der Waals surface area contributed by atoms with E-state index in [1.54, 1.807) is 76.2 Å². The lowest BCUT2D eigenvalue weighted by molar-refractivity contribution is -0.138. The minimum atomic E-state index is -1.47. The minimum Gasteiger partial charge on any atom is -0.497 e. The smallest absolute Gasteiger partial charge is 0.408 e. The topological polar surface area (TPSA) is 140 Å². The molecule has 0 saturated heterocycles. The molecule has 196 valence electrons. The van der Waals surface area contributed by atoms with Crippen molar-refractivity contribution in [1.29, 1.82) is 0 Å². The number of benzene rings is 2. The van der Waals surface area contributed by atoms with E-state index in [2.05, 4.69) is 16.7 Å². The molecule has 0 saturated carbocycles. The number of aryl methyl sites for hydroxylation is 1. The Morgan fingerprint density at radius 3 is 2.22 bits per heavy atom. The second-order valence-corrected chi connectivity index (χ2v) is 9.18. The zero-order valence-corrected chi connectivity index (χ0v) is 21.5. The predicted molar refractivity (Wildman–Crippen MR) is 138 cm³/mol. The fourth-order valence-electron chi connectivity index (χ4n) is 3.46. The van der Waals surface area contributed by atoms with Gasteiger partial charge in [-0.05, 0) is 63.1 Å². The number of methoxy groups -OCH3 is 1. The summed E-state index contributed by atoms with van der Waals surface area (Å²) in [5.41, 5.74) is 6.05. The Morgan fingerprint density at radius 2 is 1.70 bits per heavy atom.